The van der Waals surface area contributed by atoms with Crippen LogP contribution in [0.15, 0.2) is 11.6 Å². The van der Waals surface area contributed by atoms with Crippen LogP contribution in [-0.2, 0) is 4.79 Å². The van der Waals surface area contributed by atoms with Crippen molar-refractivity contribution in [3.05, 3.63) is 11.6 Å². The summed E-state index contributed by atoms with van der Waals surface area (Å²) < 4.78 is 0. The zero-order valence-electron chi connectivity index (χ0n) is 11.8. The van der Waals surface area contributed by atoms with E-state index in [0.29, 0.717) is 19.3 Å². The van der Waals surface area contributed by atoms with Crippen LogP contribution < -0.4 is 0 Å². The maximum Gasteiger partial charge on any atom is 0.156 e. The molecule has 2 aliphatic rings. The third kappa shape index (κ3) is 2.04. The fourth-order valence-electron chi connectivity index (χ4n) is 3.63. The Morgan fingerprint density at radius 3 is 2.56 bits per heavy atom. The number of carbonyl (C=O) groups excluding carboxylic acids is 1. The van der Waals surface area contributed by atoms with Crippen LogP contribution in [0.4, 0.5) is 0 Å². The highest BCUT2D eigenvalue weighted by atomic mass is 16.4. The predicted octanol–water partition coefficient (Wildman–Crippen LogP) is 2.21. The predicted molar refractivity (Wildman–Crippen MR) is 70.1 cm³/mol. The molecular formula is C15H24O3. The van der Waals surface area contributed by atoms with E-state index in [9.17, 15) is 15.0 Å². The van der Waals surface area contributed by atoms with Crippen molar-refractivity contribution in [2.75, 3.05) is 0 Å². The lowest BCUT2D eigenvalue weighted by molar-refractivity contribution is -0.174. The minimum absolute atomic E-state index is 0.0482. The number of aliphatic hydroxyl groups is 2. The summed E-state index contributed by atoms with van der Waals surface area (Å²) >= 11 is 0. The van der Waals surface area contributed by atoms with Gasteiger partial charge in [0.05, 0.1) is 11.2 Å². The molecule has 102 valence electrons. The Hall–Kier alpha value is -0.670. The molecule has 0 spiro atoms. The third-order valence-electron chi connectivity index (χ3n) is 5.15. The SMILES string of the molecule is CC1=CC(=O)C[C@]2(C)CC[C@@](O)(C(C)(C)O)CC12. The summed E-state index contributed by atoms with van der Waals surface area (Å²) in [6.07, 6.45) is 4.17. The number of hydrogen-bond donors (Lipinski definition) is 2. The van der Waals surface area contributed by atoms with E-state index in [1.807, 2.05) is 6.92 Å². The van der Waals surface area contributed by atoms with Crippen molar-refractivity contribution in [3.63, 3.8) is 0 Å². The normalized spacial score (nSPS) is 41.3. The van der Waals surface area contributed by atoms with Crippen LogP contribution in [0, 0.1) is 11.3 Å². The van der Waals surface area contributed by atoms with Crippen LogP contribution in [0.1, 0.15) is 53.4 Å². The van der Waals surface area contributed by atoms with Crippen molar-refractivity contribution >= 4 is 5.78 Å². The molecule has 3 atom stereocenters. The average molecular weight is 252 g/mol. The van der Waals surface area contributed by atoms with Gasteiger partial charge in [-0.2, -0.15) is 0 Å². The first-order chi connectivity index (χ1) is 8.07. The highest BCUT2D eigenvalue weighted by Crippen LogP contribution is 2.54. The van der Waals surface area contributed by atoms with Gasteiger partial charge in [0.1, 0.15) is 0 Å². The van der Waals surface area contributed by atoms with Crippen molar-refractivity contribution in [1.82, 2.24) is 0 Å². The molecule has 18 heavy (non-hydrogen) atoms. The van der Waals surface area contributed by atoms with E-state index in [1.54, 1.807) is 19.9 Å². The minimum atomic E-state index is -1.10. The summed E-state index contributed by atoms with van der Waals surface area (Å²) in [7, 11) is 0. The van der Waals surface area contributed by atoms with Gasteiger partial charge in [-0.05, 0) is 57.4 Å². The van der Waals surface area contributed by atoms with Crippen LogP contribution >= 0.6 is 0 Å². The van der Waals surface area contributed by atoms with Crippen LogP contribution in [0.3, 0.4) is 0 Å². The summed E-state index contributed by atoms with van der Waals surface area (Å²) in [4.78, 5) is 11.7. The summed E-state index contributed by atoms with van der Waals surface area (Å²) in [5, 5.41) is 20.9. The molecule has 1 saturated carbocycles. The topological polar surface area (TPSA) is 57.5 Å². The van der Waals surface area contributed by atoms with Crippen LogP contribution in [0.2, 0.25) is 0 Å². The molecule has 3 heteroatoms. The van der Waals surface area contributed by atoms with Crippen molar-refractivity contribution in [3.8, 4) is 0 Å². The first kappa shape index (κ1) is 13.8. The first-order valence-corrected chi connectivity index (χ1v) is 6.73. The summed E-state index contributed by atoms with van der Waals surface area (Å²) in [5.74, 6) is 0.389. The molecule has 1 unspecified atom stereocenters. The van der Waals surface area contributed by atoms with E-state index in [0.717, 1.165) is 12.0 Å². The van der Waals surface area contributed by atoms with Crippen LogP contribution in [0.25, 0.3) is 0 Å². The van der Waals surface area contributed by atoms with Gasteiger partial charge in [0.25, 0.3) is 0 Å². The Morgan fingerprint density at radius 1 is 1.39 bits per heavy atom. The fourth-order valence-corrected chi connectivity index (χ4v) is 3.63. The molecule has 2 N–H and O–H groups in total. The van der Waals surface area contributed by atoms with Crippen LogP contribution in [-0.4, -0.2) is 27.2 Å². The maximum atomic E-state index is 11.7. The summed E-state index contributed by atoms with van der Waals surface area (Å²) in [6, 6.07) is 0. The molecule has 1 fully saturated rings. The average Bonchev–Trinajstić information content (AvgIpc) is 2.18. The van der Waals surface area contributed by atoms with E-state index in [4.69, 9.17) is 0 Å². The van der Waals surface area contributed by atoms with Crippen molar-refractivity contribution in [2.45, 2.75) is 64.6 Å². The van der Waals surface area contributed by atoms with Crippen molar-refractivity contribution in [1.29, 1.82) is 0 Å². The molecule has 0 saturated heterocycles. The Morgan fingerprint density at radius 2 is 2.00 bits per heavy atom. The quantitative estimate of drug-likeness (QED) is 0.752. The highest BCUT2D eigenvalue weighted by Gasteiger charge is 2.53. The van der Waals surface area contributed by atoms with Gasteiger partial charge in [0.2, 0.25) is 0 Å². The molecule has 0 aromatic rings. The van der Waals surface area contributed by atoms with Gasteiger partial charge in [0, 0.05) is 6.42 Å². The lowest BCUT2D eigenvalue weighted by atomic mass is 9.54. The molecule has 0 bridgehead atoms. The molecule has 3 nitrogen and oxygen atoms in total. The number of ketones is 1. The van der Waals surface area contributed by atoms with Gasteiger partial charge >= 0.3 is 0 Å². The molecule has 0 aromatic carbocycles. The fraction of sp³-hybridized carbons (Fsp3) is 0.800. The van der Waals surface area contributed by atoms with Gasteiger partial charge < -0.3 is 10.2 Å². The molecule has 2 aliphatic carbocycles. The molecule has 0 aromatic heterocycles. The molecule has 0 aliphatic heterocycles. The number of fused-ring (bicyclic) bond motifs is 1. The maximum absolute atomic E-state index is 11.7. The second-order valence-corrected chi connectivity index (χ2v) is 7.03. The van der Waals surface area contributed by atoms with Crippen LogP contribution in [0.5, 0.6) is 0 Å². The van der Waals surface area contributed by atoms with E-state index < -0.39 is 11.2 Å². The summed E-state index contributed by atoms with van der Waals surface area (Å²) in [6.45, 7) is 7.44. The van der Waals surface area contributed by atoms with E-state index in [2.05, 4.69) is 6.92 Å². The zero-order chi connectivity index (χ0) is 13.8. The molecular weight excluding hydrogens is 228 g/mol. The van der Waals surface area contributed by atoms with E-state index in [1.165, 1.54) is 0 Å². The minimum Gasteiger partial charge on any atom is -0.387 e. The van der Waals surface area contributed by atoms with Gasteiger partial charge in [0.15, 0.2) is 5.78 Å². The lowest BCUT2D eigenvalue weighted by Crippen LogP contribution is -2.57. The van der Waals surface area contributed by atoms with Gasteiger partial charge in [-0.15, -0.1) is 0 Å². The Balaban J connectivity index is 2.34. The van der Waals surface area contributed by atoms with Gasteiger partial charge in [-0.25, -0.2) is 0 Å². The highest BCUT2D eigenvalue weighted by molar-refractivity contribution is 5.92. The van der Waals surface area contributed by atoms with Crippen molar-refractivity contribution in [2.24, 2.45) is 11.3 Å². The number of hydrogen-bond acceptors (Lipinski definition) is 3. The second kappa shape index (κ2) is 3.91. The smallest absolute Gasteiger partial charge is 0.156 e. The Labute approximate surface area is 109 Å². The molecule has 0 heterocycles. The summed E-state index contributed by atoms with van der Waals surface area (Å²) in [5.41, 5.74) is -1.15. The number of rotatable bonds is 1. The second-order valence-electron chi connectivity index (χ2n) is 7.03. The van der Waals surface area contributed by atoms with E-state index >= 15 is 0 Å². The molecule has 0 amide bonds. The standard InChI is InChI=1S/C15H24O3/c1-10-7-11(16)8-14(4)5-6-15(18,9-12(10)14)13(2,3)17/h7,12,17-18H,5-6,8-9H2,1-4H3/t12?,14-,15-/m0/s1. The Kier molecular flexibility index (Phi) is 2.99. The van der Waals surface area contributed by atoms with E-state index in [-0.39, 0.29) is 17.1 Å². The molecule has 0 radical (unpaired) electrons. The van der Waals surface area contributed by atoms with Gasteiger partial charge in [-0.3, -0.25) is 4.79 Å². The third-order valence-corrected chi connectivity index (χ3v) is 5.15. The monoisotopic (exact) mass is 252 g/mol. The number of carbonyl (C=O) groups is 1. The largest absolute Gasteiger partial charge is 0.387 e. The van der Waals surface area contributed by atoms with Crippen molar-refractivity contribution < 1.29 is 15.0 Å². The first-order valence-electron chi connectivity index (χ1n) is 6.73. The zero-order valence-corrected chi connectivity index (χ0v) is 11.8. The lowest BCUT2D eigenvalue weighted by Gasteiger charge is -2.53. The Bertz CT molecular complexity index is 404. The molecule has 2 rings (SSSR count). The van der Waals surface area contributed by atoms with Gasteiger partial charge in [-0.1, -0.05) is 12.5 Å². The number of allylic oxidation sites excluding steroid dienone is 2.